The average Bonchev–Trinajstić information content (AvgIpc) is 3.22. The fourth-order valence-electron chi connectivity index (χ4n) is 2.99. The van der Waals surface area contributed by atoms with Crippen LogP contribution < -0.4 is 5.32 Å². The van der Waals surface area contributed by atoms with Gasteiger partial charge in [0.1, 0.15) is 17.8 Å². The Hall–Kier alpha value is -2.12. The van der Waals surface area contributed by atoms with Gasteiger partial charge in [-0.15, -0.1) is 0 Å². The normalized spacial score (nSPS) is 17.0. The van der Waals surface area contributed by atoms with E-state index in [-0.39, 0.29) is 17.9 Å². The number of ether oxygens (including phenoxy) is 1. The summed E-state index contributed by atoms with van der Waals surface area (Å²) in [5.41, 5.74) is 0.545. The first-order valence-electron chi connectivity index (χ1n) is 8.70. The van der Waals surface area contributed by atoms with Gasteiger partial charge < -0.3 is 19.0 Å². The lowest BCUT2D eigenvalue weighted by molar-refractivity contribution is 0.0313. The van der Waals surface area contributed by atoms with E-state index in [1.165, 1.54) is 6.26 Å². The van der Waals surface area contributed by atoms with Crippen molar-refractivity contribution in [3.63, 3.8) is 0 Å². The molecular weight excluding hydrogens is 320 g/mol. The fraction of sp³-hybridized carbons (Fsp3) is 0.556. The van der Waals surface area contributed by atoms with E-state index >= 15 is 0 Å². The molecule has 1 saturated heterocycles. The Labute approximate surface area is 148 Å². The van der Waals surface area contributed by atoms with Crippen molar-refractivity contribution in [3.8, 4) is 0 Å². The summed E-state index contributed by atoms with van der Waals surface area (Å²) in [4.78, 5) is 19.3. The molecule has 0 spiro atoms. The van der Waals surface area contributed by atoms with Gasteiger partial charge in [-0.05, 0) is 12.0 Å². The highest BCUT2D eigenvalue weighted by Crippen LogP contribution is 2.21. The zero-order valence-corrected chi connectivity index (χ0v) is 15.1. The Balaban J connectivity index is 1.65. The average molecular weight is 346 g/mol. The standard InChI is InChI=1S/C18H26N4O3/c1-13(2)16(17-19-4-5-21(17)3)20-18(23)14-10-15(25-12-14)11-22-6-8-24-9-7-22/h4-5,10,12-13,16H,6-9,11H2,1-3H3,(H,20,23). The van der Waals surface area contributed by atoms with E-state index < -0.39 is 0 Å². The number of nitrogens with one attached hydrogen (secondary N) is 1. The quantitative estimate of drug-likeness (QED) is 0.866. The maximum atomic E-state index is 12.6. The number of carbonyl (C=O) groups is 1. The van der Waals surface area contributed by atoms with Gasteiger partial charge in [0.25, 0.3) is 5.91 Å². The first kappa shape index (κ1) is 17.7. The maximum absolute atomic E-state index is 12.6. The van der Waals surface area contributed by atoms with E-state index in [2.05, 4.69) is 29.0 Å². The van der Waals surface area contributed by atoms with Gasteiger partial charge in [0.05, 0.1) is 31.4 Å². The molecule has 1 amide bonds. The number of nitrogens with zero attached hydrogens (tertiary/aromatic N) is 3. The summed E-state index contributed by atoms with van der Waals surface area (Å²) in [6.07, 6.45) is 5.16. The monoisotopic (exact) mass is 346 g/mol. The molecule has 3 rings (SSSR count). The highest BCUT2D eigenvalue weighted by molar-refractivity contribution is 5.94. The van der Waals surface area contributed by atoms with E-state index in [0.29, 0.717) is 12.1 Å². The van der Waals surface area contributed by atoms with Crippen molar-refractivity contribution in [1.29, 1.82) is 0 Å². The van der Waals surface area contributed by atoms with Crippen molar-refractivity contribution >= 4 is 5.91 Å². The molecule has 136 valence electrons. The van der Waals surface area contributed by atoms with Crippen LogP contribution in [0.4, 0.5) is 0 Å². The van der Waals surface area contributed by atoms with Crippen LogP contribution in [0.15, 0.2) is 29.1 Å². The number of hydrogen-bond donors (Lipinski definition) is 1. The molecule has 7 heteroatoms. The van der Waals surface area contributed by atoms with Crippen LogP contribution >= 0.6 is 0 Å². The van der Waals surface area contributed by atoms with E-state index in [9.17, 15) is 4.79 Å². The van der Waals surface area contributed by atoms with Gasteiger partial charge in [-0.3, -0.25) is 9.69 Å². The molecule has 7 nitrogen and oxygen atoms in total. The Morgan fingerprint density at radius 1 is 1.36 bits per heavy atom. The minimum Gasteiger partial charge on any atom is -0.467 e. The number of aromatic nitrogens is 2. The van der Waals surface area contributed by atoms with E-state index in [0.717, 1.165) is 37.9 Å². The molecule has 2 aromatic heterocycles. The molecule has 1 fully saturated rings. The lowest BCUT2D eigenvalue weighted by atomic mass is 10.0. The van der Waals surface area contributed by atoms with Crippen LogP contribution in [-0.4, -0.2) is 46.7 Å². The molecule has 0 radical (unpaired) electrons. The van der Waals surface area contributed by atoms with Crippen molar-refractivity contribution in [2.75, 3.05) is 26.3 Å². The molecule has 3 heterocycles. The van der Waals surface area contributed by atoms with E-state index in [1.807, 2.05) is 23.9 Å². The van der Waals surface area contributed by atoms with Crippen molar-refractivity contribution in [3.05, 3.63) is 41.9 Å². The Bertz CT molecular complexity index is 701. The third-order valence-electron chi connectivity index (χ3n) is 4.49. The fourth-order valence-corrected chi connectivity index (χ4v) is 2.99. The number of aryl methyl sites for hydroxylation is 1. The van der Waals surface area contributed by atoms with Crippen LogP contribution in [0.1, 0.15) is 41.8 Å². The second-order valence-electron chi connectivity index (χ2n) is 6.78. The molecule has 0 aromatic carbocycles. The maximum Gasteiger partial charge on any atom is 0.255 e. The van der Waals surface area contributed by atoms with Gasteiger partial charge in [0.2, 0.25) is 0 Å². The molecule has 25 heavy (non-hydrogen) atoms. The van der Waals surface area contributed by atoms with Crippen LogP contribution in [0.2, 0.25) is 0 Å². The lowest BCUT2D eigenvalue weighted by Gasteiger charge is -2.25. The van der Waals surface area contributed by atoms with Crippen molar-refractivity contribution < 1.29 is 13.9 Å². The minimum absolute atomic E-state index is 0.140. The zero-order chi connectivity index (χ0) is 17.8. The summed E-state index contributed by atoms with van der Waals surface area (Å²) in [6.45, 7) is 8.09. The summed E-state index contributed by atoms with van der Waals surface area (Å²) in [5.74, 6) is 1.73. The molecule has 1 aliphatic heterocycles. The Morgan fingerprint density at radius 3 is 2.76 bits per heavy atom. The summed E-state index contributed by atoms with van der Waals surface area (Å²) in [5, 5.41) is 3.08. The second-order valence-corrected chi connectivity index (χ2v) is 6.78. The topological polar surface area (TPSA) is 72.5 Å². The smallest absolute Gasteiger partial charge is 0.255 e. The third-order valence-corrected chi connectivity index (χ3v) is 4.49. The highest BCUT2D eigenvalue weighted by atomic mass is 16.5. The molecule has 0 saturated carbocycles. The molecule has 2 aromatic rings. The number of rotatable bonds is 6. The number of imidazole rings is 1. The van der Waals surface area contributed by atoms with Gasteiger partial charge in [-0.2, -0.15) is 0 Å². The summed E-state index contributed by atoms with van der Waals surface area (Å²) >= 11 is 0. The van der Waals surface area contributed by atoms with Gasteiger partial charge in [-0.1, -0.05) is 13.8 Å². The molecule has 1 atom stereocenters. The SMILES string of the molecule is CC(C)C(NC(=O)c1coc(CN2CCOCC2)c1)c1nccn1C. The van der Waals surface area contributed by atoms with Gasteiger partial charge >= 0.3 is 0 Å². The van der Waals surface area contributed by atoms with Crippen LogP contribution in [0.5, 0.6) is 0 Å². The summed E-state index contributed by atoms with van der Waals surface area (Å²) in [6, 6.07) is 1.67. The molecule has 1 aliphatic rings. The largest absolute Gasteiger partial charge is 0.467 e. The predicted molar refractivity (Wildman–Crippen MR) is 93.1 cm³/mol. The summed E-state index contributed by atoms with van der Waals surface area (Å²) < 4.78 is 12.9. The number of hydrogen-bond acceptors (Lipinski definition) is 5. The van der Waals surface area contributed by atoms with Crippen molar-refractivity contribution in [2.45, 2.75) is 26.4 Å². The zero-order valence-electron chi connectivity index (χ0n) is 15.1. The molecule has 0 aliphatic carbocycles. The van der Waals surface area contributed by atoms with E-state index in [4.69, 9.17) is 9.15 Å². The molecular formula is C18H26N4O3. The van der Waals surface area contributed by atoms with Crippen molar-refractivity contribution in [2.24, 2.45) is 13.0 Å². The van der Waals surface area contributed by atoms with Crippen LogP contribution in [0, 0.1) is 5.92 Å². The van der Waals surface area contributed by atoms with Crippen LogP contribution in [0.25, 0.3) is 0 Å². The van der Waals surface area contributed by atoms with Gasteiger partial charge in [-0.25, -0.2) is 4.98 Å². The van der Waals surface area contributed by atoms with Crippen LogP contribution in [-0.2, 0) is 18.3 Å². The Kier molecular flexibility index (Phi) is 5.55. The van der Waals surface area contributed by atoms with E-state index in [1.54, 1.807) is 6.20 Å². The van der Waals surface area contributed by atoms with Crippen LogP contribution in [0.3, 0.4) is 0 Å². The third kappa shape index (κ3) is 4.29. The molecule has 1 unspecified atom stereocenters. The first-order valence-corrected chi connectivity index (χ1v) is 8.70. The number of amides is 1. The number of morpholine rings is 1. The highest BCUT2D eigenvalue weighted by Gasteiger charge is 2.23. The first-order chi connectivity index (χ1) is 12.0. The Morgan fingerprint density at radius 2 is 2.12 bits per heavy atom. The van der Waals surface area contributed by atoms with Crippen molar-refractivity contribution in [1.82, 2.24) is 19.8 Å². The number of furan rings is 1. The van der Waals surface area contributed by atoms with Gasteiger partial charge in [0.15, 0.2) is 0 Å². The number of carbonyl (C=O) groups excluding carboxylic acids is 1. The molecule has 1 N–H and O–H groups in total. The van der Waals surface area contributed by atoms with Gasteiger partial charge in [0, 0.05) is 32.5 Å². The molecule has 0 bridgehead atoms. The predicted octanol–water partition coefficient (Wildman–Crippen LogP) is 1.97. The lowest BCUT2D eigenvalue weighted by Crippen LogP contribution is -2.35. The second kappa shape index (κ2) is 7.84. The minimum atomic E-state index is -0.148. The summed E-state index contributed by atoms with van der Waals surface area (Å²) in [7, 11) is 1.93.